The summed E-state index contributed by atoms with van der Waals surface area (Å²) in [6.07, 6.45) is 0. The zero-order valence-electron chi connectivity index (χ0n) is 14.9. The molecule has 0 atom stereocenters. The van der Waals surface area contributed by atoms with Crippen molar-refractivity contribution in [2.24, 2.45) is 0 Å². The first-order valence-electron chi connectivity index (χ1n) is 9.03. The van der Waals surface area contributed by atoms with E-state index in [1.54, 1.807) is 11.0 Å². The van der Waals surface area contributed by atoms with Crippen LogP contribution < -0.4 is 4.90 Å². The second kappa shape index (κ2) is 7.53. The van der Waals surface area contributed by atoms with Crippen LogP contribution in [0.1, 0.15) is 10.5 Å². The maximum absolute atomic E-state index is 12.4. The van der Waals surface area contributed by atoms with Crippen LogP contribution >= 0.6 is 0 Å². The number of ether oxygens (including phenoxy) is 1. The number of benzene rings is 2. The Labute approximate surface area is 157 Å². The van der Waals surface area contributed by atoms with Crippen molar-refractivity contribution in [1.82, 2.24) is 9.88 Å². The van der Waals surface area contributed by atoms with Gasteiger partial charge < -0.3 is 19.5 Å². The summed E-state index contributed by atoms with van der Waals surface area (Å²) in [6.45, 7) is 2.55. The Morgan fingerprint density at radius 1 is 0.926 bits per heavy atom. The van der Waals surface area contributed by atoms with Gasteiger partial charge in [-0.2, -0.15) is 0 Å². The minimum atomic E-state index is -0.512. The Morgan fingerprint density at radius 2 is 1.63 bits per heavy atom. The first-order chi connectivity index (χ1) is 13.2. The van der Waals surface area contributed by atoms with Crippen molar-refractivity contribution in [3.63, 3.8) is 0 Å². The quantitative estimate of drug-likeness (QED) is 0.724. The lowest BCUT2D eigenvalue weighted by Crippen LogP contribution is -2.49. The van der Waals surface area contributed by atoms with Crippen molar-refractivity contribution in [3.05, 3.63) is 66.4 Å². The summed E-state index contributed by atoms with van der Waals surface area (Å²) >= 11 is 0. The normalized spacial score (nSPS) is 14.4. The molecular weight excluding hydrogens is 342 g/mol. The summed E-state index contributed by atoms with van der Waals surface area (Å²) < 4.78 is 5.21. The van der Waals surface area contributed by atoms with Gasteiger partial charge in [-0.1, -0.05) is 36.4 Å². The van der Waals surface area contributed by atoms with Crippen LogP contribution in [0, 0.1) is 0 Å². The number of fused-ring (bicyclic) bond motifs is 1. The first kappa shape index (κ1) is 17.1. The fraction of sp³-hybridized carbons (Fsp3) is 0.238. The van der Waals surface area contributed by atoms with Crippen molar-refractivity contribution in [2.45, 2.75) is 0 Å². The van der Waals surface area contributed by atoms with Crippen LogP contribution in [0.25, 0.3) is 10.9 Å². The molecule has 0 aliphatic carbocycles. The third kappa shape index (κ3) is 3.79. The Bertz CT molecular complexity index is 910. The summed E-state index contributed by atoms with van der Waals surface area (Å²) in [4.78, 5) is 31.6. The molecule has 2 heterocycles. The molecule has 1 amide bonds. The van der Waals surface area contributed by atoms with Gasteiger partial charge in [0.05, 0.1) is 0 Å². The predicted octanol–water partition coefficient (Wildman–Crippen LogP) is 2.67. The van der Waals surface area contributed by atoms with Crippen molar-refractivity contribution >= 4 is 28.5 Å². The third-order valence-electron chi connectivity index (χ3n) is 4.83. The number of amides is 1. The van der Waals surface area contributed by atoms with E-state index in [4.69, 9.17) is 4.74 Å². The fourth-order valence-corrected chi connectivity index (χ4v) is 3.33. The molecule has 27 heavy (non-hydrogen) atoms. The fourth-order valence-electron chi connectivity index (χ4n) is 3.33. The average Bonchev–Trinajstić information content (AvgIpc) is 3.17. The lowest BCUT2D eigenvalue weighted by Gasteiger charge is -2.36. The molecule has 6 nitrogen and oxygen atoms in total. The predicted molar refractivity (Wildman–Crippen MR) is 104 cm³/mol. The van der Waals surface area contributed by atoms with Crippen molar-refractivity contribution in [2.75, 3.05) is 37.7 Å². The monoisotopic (exact) mass is 363 g/mol. The van der Waals surface area contributed by atoms with Gasteiger partial charge in [0.1, 0.15) is 5.69 Å². The van der Waals surface area contributed by atoms with Crippen LogP contribution in [0.4, 0.5) is 5.69 Å². The summed E-state index contributed by atoms with van der Waals surface area (Å²) in [6, 6.07) is 19.5. The first-order valence-corrected chi connectivity index (χ1v) is 9.03. The second-order valence-electron chi connectivity index (χ2n) is 6.55. The zero-order chi connectivity index (χ0) is 18.6. The van der Waals surface area contributed by atoms with E-state index in [-0.39, 0.29) is 12.5 Å². The number of carbonyl (C=O) groups is 2. The molecular formula is C21H21N3O3. The van der Waals surface area contributed by atoms with Gasteiger partial charge in [0.15, 0.2) is 6.61 Å². The number of nitrogens with one attached hydrogen (secondary N) is 1. The highest BCUT2D eigenvalue weighted by Gasteiger charge is 2.22. The number of hydrogen-bond donors (Lipinski definition) is 1. The summed E-state index contributed by atoms with van der Waals surface area (Å²) in [7, 11) is 0. The van der Waals surface area contributed by atoms with E-state index >= 15 is 0 Å². The molecule has 6 heteroatoms. The summed E-state index contributed by atoms with van der Waals surface area (Å²) in [5.74, 6) is -0.672. The molecule has 1 fully saturated rings. The van der Waals surface area contributed by atoms with E-state index < -0.39 is 5.97 Å². The minimum Gasteiger partial charge on any atom is -0.451 e. The van der Waals surface area contributed by atoms with E-state index in [1.807, 2.05) is 42.5 Å². The van der Waals surface area contributed by atoms with E-state index in [0.29, 0.717) is 18.8 Å². The van der Waals surface area contributed by atoms with Crippen LogP contribution in [-0.4, -0.2) is 54.5 Å². The van der Waals surface area contributed by atoms with Crippen molar-refractivity contribution in [3.8, 4) is 0 Å². The maximum atomic E-state index is 12.4. The van der Waals surface area contributed by atoms with Crippen molar-refractivity contribution < 1.29 is 14.3 Å². The number of para-hydroxylation sites is 2. The number of aromatic nitrogens is 1. The lowest BCUT2D eigenvalue weighted by atomic mass is 10.2. The summed E-state index contributed by atoms with van der Waals surface area (Å²) in [5.41, 5.74) is 2.39. The molecule has 1 aliphatic rings. The number of anilines is 1. The molecule has 0 saturated carbocycles. The largest absolute Gasteiger partial charge is 0.451 e. The molecule has 0 bridgehead atoms. The average molecular weight is 363 g/mol. The molecule has 4 rings (SSSR count). The van der Waals surface area contributed by atoms with Crippen LogP contribution in [0.2, 0.25) is 0 Å². The lowest BCUT2D eigenvalue weighted by molar-refractivity contribution is -0.134. The third-order valence-corrected chi connectivity index (χ3v) is 4.83. The molecule has 138 valence electrons. The molecule has 0 radical (unpaired) electrons. The van der Waals surface area contributed by atoms with Gasteiger partial charge in [0, 0.05) is 42.8 Å². The van der Waals surface area contributed by atoms with E-state index in [1.165, 1.54) is 0 Å². The topological polar surface area (TPSA) is 65.6 Å². The maximum Gasteiger partial charge on any atom is 0.355 e. The molecule has 0 spiro atoms. The second-order valence-corrected chi connectivity index (χ2v) is 6.55. The van der Waals surface area contributed by atoms with Crippen LogP contribution in [0.3, 0.4) is 0 Å². The van der Waals surface area contributed by atoms with Crippen LogP contribution in [0.15, 0.2) is 60.7 Å². The molecule has 3 aromatic rings. The zero-order valence-corrected chi connectivity index (χ0v) is 14.9. The van der Waals surface area contributed by atoms with Gasteiger partial charge in [0.2, 0.25) is 0 Å². The van der Waals surface area contributed by atoms with E-state index in [0.717, 1.165) is 29.7 Å². The number of hydrogen-bond acceptors (Lipinski definition) is 4. The number of piperazine rings is 1. The Kier molecular flexibility index (Phi) is 4.78. The van der Waals surface area contributed by atoms with E-state index in [9.17, 15) is 9.59 Å². The number of aromatic amines is 1. The standard InChI is InChI=1S/C21H21N3O3/c25-20(24-12-10-23(11-13-24)17-7-2-1-3-8-17)15-27-21(26)19-14-16-6-4-5-9-18(16)22-19/h1-9,14,22H,10-13,15H2. The van der Waals surface area contributed by atoms with Gasteiger partial charge in [-0.25, -0.2) is 4.79 Å². The van der Waals surface area contributed by atoms with Crippen molar-refractivity contribution in [1.29, 1.82) is 0 Å². The number of H-pyrrole nitrogens is 1. The molecule has 0 unspecified atom stereocenters. The van der Waals surface area contributed by atoms with Gasteiger partial charge in [0.25, 0.3) is 5.91 Å². The SMILES string of the molecule is O=C(OCC(=O)N1CCN(c2ccccc2)CC1)c1cc2ccccc2[nH]1. The van der Waals surface area contributed by atoms with Gasteiger partial charge in [-0.3, -0.25) is 4.79 Å². The Hall–Kier alpha value is -3.28. The van der Waals surface area contributed by atoms with Gasteiger partial charge in [-0.05, 0) is 24.3 Å². The number of esters is 1. The van der Waals surface area contributed by atoms with Gasteiger partial charge in [-0.15, -0.1) is 0 Å². The summed E-state index contributed by atoms with van der Waals surface area (Å²) in [5, 5.41) is 0.938. The highest BCUT2D eigenvalue weighted by Crippen LogP contribution is 2.17. The Balaban J connectivity index is 1.29. The molecule has 1 N–H and O–H groups in total. The minimum absolute atomic E-state index is 0.160. The van der Waals surface area contributed by atoms with Crippen LogP contribution in [-0.2, 0) is 9.53 Å². The van der Waals surface area contributed by atoms with Gasteiger partial charge >= 0.3 is 5.97 Å². The number of rotatable bonds is 4. The number of nitrogens with zero attached hydrogens (tertiary/aromatic N) is 2. The highest BCUT2D eigenvalue weighted by atomic mass is 16.5. The molecule has 1 saturated heterocycles. The van der Waals surface area contributed by atoms with E-state index in [2.05, 4.69) is 22.0 Å². The highest BCUT2D eigenvalue weighted by molar-refractivity contribution is 5.95. The Morgan fingerprint density at radius 3 is 2.37 bits per heavy atom. The molecule has 1 aromatic heterocycles. The van der Waals surface area contributed by atoms with Crippen LogP contribution in [0.5, 0.6) is 0 Å². The molecule has 2 aromatic carbocycles. The number of carbonyl (C=O) groups excluding carboxylic acids is 2. The molecule has 1 aliphatic heterocycles. The smallest absolute Gasteiger partial charge is 0.355 e.